The number of anilines is 1. The molecule has 2 N–H and O–H groups in total. The third-order valence-electron chi connectivity index (χ3n) is 6.29. The Hall–Kier alpha value is -3.46. The number of fused-ring (bicyclic) bond motifs is 1. The standard InChI is InChI=1S/C25H25F3N6/c26-18-5-2-1-4-17(18)14-30-25-31-15-21-23(33-25)34(13-10-16-8-11-29-12-9-16)24(32-21)22-19(27)6-3-7-20(22)28/h1-7,15-16,29H,8-14H2,(H,30,31,33). The zero-order chi connectivity index (χ0) is 23.5. The van der Waals surface area contributed by atoms with Crippen molar-refractivity contribution in [3.63, 3.8) is 0 Å². The number of aromatic nitrogens is 4. The zero-order valence-corrected chi connectivity index (χ0v) is 18.6. The molecule has 0 saturated carbocycles. The number of piperidine rings is 1. The third-order valence-corrected chi connectivity index (χ3v) is 6.29. The monoisotopic (exact) mass is 466 g/mol. The molecule has 2 aromatic carbocycles. The molecular formula is C25H25F3N6. The van der Waals surface area contributed by atoms with Crippen molar-refractivity contribution in [1.29, 1.82) is 0 Å². The number of benzene rings is 2. The van der Waals surface area contributed by atoms with Crippen molar-refractivity contribution < 1.29 is 13.2 Å². The number of rotatable bonds is 7. The molecule has 3 heterocycles. The summed E-state index contributed by atoms with van der Waals surface area (Å²) in [7, 11) is 0. The van der Waals surface area contributed by atoms with Crippen molar-refractivity contribution in [1.82, 2.24) is 24.8 Å². The summed E-state index contributed by atoms with van der Waals surface area (Å²) in [6.45, 7) is 2.66. The summed E-state index contributed by atoms with van der Waals surface area (Å²) in [5.74, 6) is -0.675. The number of nitrogens with zero attached hydrogens (tertiary/aromatic N) is 4. The predicted octanol–water partition coefficient (Wildman–Crippen LogP) is 4.91. The summed E-state index contributed by atoms with van der Waals surface area (Å²) in [6.07, 6.45) is 4.48. The van der Waals surface area contributed by atoms with Gasteiger partial charge in [-0.15, -0.1) is 0 Å². The van der Waals surface area contributed by atoms with Crippen molar-refractivity contribution in [3.05, 3.63) is 71.7 Å². The highest BCUT2D eigenvalue weighted by Crippen LogP contribution is 2.30. The molecule has 34 heavy (non-hydrogen) atoms. The Bertz CT molecular complexity index is 1280. The fraction of sp³-hybridized carbons (Fsp3) is 0.320. The minimum absolute atomic E-state index is 0.174. The topological polar surface area (TPSA) is 67.7 Å². The molecule has 1 aliphatic rings. The van der Waals surface area contributed by atoms with Gasteiger partial charge < -0.3 is 15.2 Å². The molecule has 0 aliphatic carbocycles. The van der Waals surface area contributed by atoms with Crippen molar-refractivity contribution in [2.75, 3.05) is 18.4 Å². The molecular weight excluding hydrogens is 441 g/mol. The second-order valence-electron chi connectivity index (χ2n) is 8.51. The highest BCUT2D eigenvalue weighted by atomic mass is 19.1. The van der Waals surface area contributed by atoms with Crippen molar-refractivity contribution in [2.24, 2.45) is 5.92 Å². The number of hydrogen-bond acceptors (Lipinski definition) is 5. The van der Waals surface area contributed by atoms with Crippen LogP contribution in [-0.4, -0.2) is 32.6 Å². The van der Waals surface area contributed by atoms with Crippen LogP contribution in [0.25, 0.3) is 22.6 Å². The Morgan fingerprint density at radius 1 is 0.941 bits per heavy atom. The first-order valence-corrected chi connectivity index (χ1v) is 11.5. The Balaban J connectivity index is 1.50. The van der Waals surface area contributed by atoms with Crippen molar-refractivity contribution in [2.45, 2.75) is 32.4 Å². The minimum atomic E-state index is -0.677. The van der Waals surface area contributed by atoms with Crippen molar-refractivity contribution in [3.8, 4) is 11.4 Å². The van der Waals surface area contributed by atoms with E-state index in [9.17, 15) is 13.2 Å². The van der Waals surface area contributed by atoms with Gasteiger partial charge >= 0.3 is 0 Å². The van der Waals surface area contributed by atoms with E-state index < -0.39 is 11.6 Å². The van der Waals surface area contributed by atoms with Crippen LogP contribution in [0, 0.1) is 23.4 Å². The minimum Gasteiger partial charge on any atom is -0.350 e. The molecule has 1 fully saturated rings. The maximum atomic E-state index is 14.7. The number of nitrogens with one attached hydrogen (secondary N) is 2. The fourth-order valence-electron chi connectivity index (χ4n) is 4.42. The normalized spacial score (nSPS) is 14.6. The number of hydrogen-bond donors (Lipinski definition) is 2. The van der Waals surface area contributed by atoms with Gasteiger partial charge in [0.1, 0.15) is 28.8 Å². The van der Waals surface area contributed by atoms with Crippen LogP contribution >= 0.6 is 0 Å². The van der Waals surface area contributed by atoms with Gasteiger partial charge in [-0.25, -0.2) is 23.1 Å². The molecule has 0 radical (unpaired) electrons. The van der Waals surface area contributed by atoms with Gasteiger partial charge in [0.05, 0.1) is 11.8 Å². The Labute approximate surface area is 195 Å². The molecule has 0 amide bonds. The number of halogens is 3. The molecule has 2 aromatic heterocycles. The van der Waals surface area contributed by atoms with E-state index >= 15 is 0 Å². The Kier molecular flexibility index (Phi) is 6.44. The number of aryl methyl sites for hydroxylation is 1. The highest BCUT2D eigenvalue weighted by Gasteiger charge is 2.22. The molecule has 1 saturated heterocycles. The van der Waals surface area contributed by atoms with E-state index in [0.717, 1.165) is 32.4 Å². The van der Waals surface area contributed by atoms with Crippen LogP contribution in [0.3, 0.4) is 0 Å². The summed E-state index contributed by atoms with van der Waals surface area (Å²) in [5, 5.41) is 6.39. The SMILES string of the molecule is Fc1ccccc1CNc1ncc2nc(-c3c(F)cccc3F)n(CCC3CCNCC3)c2n1. The van der Waals surface area contributed by atoms with Gasteiger partial charge in [0.15, 0.2) is 5.65 Å². The van der Waals surface area contributed by atoms with Crippen LogP contribution in [0.2, 0.25) is 0 Å². The van der Waals surface area contributed by atoms with Gasteiger partial charge in [-0.1, -0.05) is 24.3 Å². The van der Waals surface area contributed by atoms with E-state index in [1.807, 2.05) is 0 Å². The maximum absolute atomic E-state index is 14.7. The fourth-order valence-corrected chi connectivity index (χ4v) is 4.42. The summed E-state index contributed by atoms with van der Waals surface area (Å²) in [6, 6.07) is 10.3. The van der Waals surface area contributed by atoms with E-state index in [1.165, 1.54) is 30.5 Å². The van der Waals surface area contributed by atoms with Crippen LogP contribution in [-0.2, 0) is 13.1 Å². The van der Waals surface area contributed by atoms with Crippen LogP contribution in [0.15, 0.2) is 48.7 Å². The quantitative estimate of drug-likeness (QED) is 0.405. The lowest BCUT2D eigenvalue weighted by Gasteiger charge is -2.23. The van der Waals surface area contributed by atoms with Crippen molar-refractivity contribution >= 4 is 17.1 Å². The first-order chi connectivity index (χ1) is 16.6. The lowest BCUT2D eigenvalue weighted by atomic mass is 9.95. The molecule has 0 atom stereocenters. The van der Waals surface area contributed by atoms with Crippen LogP contribution in [0.5, 0.6) is 0 Å². The molecule has 0 spiro atoms. The van der Waals surface area contributed by atoms with Gasteiger partial charge in [-0.2, -0.15) is 4.98 Å². The van der Waals surface area contributed by atoms with Gasteiger partial charge in [0.25, 0.3) is 0 Å². The van der Waals surface area contributed by atoms with Gasteiger partial charge in [-0.05, 0) is 56.5 Å². The van der Waals surface area contributed by atoms with E-state index in [-0.39, 0.29) is 23.7 Å². The Morgan fingerprint density at radius 3 is 2.44 bits per heavy atom. The molecule has 176 valence electrons. The predicted molar refractivity (Wildman–Crippen MR) is 125 cm³/mol. The summed E-state index contributed by atoms with van der Waals surface area (Å²) in [5.41, 5.74) is 1.24. The molecule has 4 aromatic rings. The number of imidazole rings is 1. The molecule has 0 unspecified atom stereocenters. The largest absolute Gasteiger partial charge is 0.350 e. The second kappa shape index (κ2) is 9.80. The first kappa shape index (κ1) is 22.3. The molecule has 0 bridgehead atoms. The summed E-state index contributed by atoms with van der Waals surface area (Å²) in [4.78, 5) is 13.4. The van der Waals surface area contributed by atoms with Crippen LogP contribution in [0.1, 0.15) is 24.8 Å². The molecule has 5 rings (SSSR count). The maximum Gasteiger partial charge on any atom is 0.225 e. The van der Waals surface area contributed by atoms with E-state index in [4.69, 9.17) is 0 Å². The van der Waals surface area contributed by atoms with E-state index in [0.29, 0.717) is 35.1 Å². The average molecular weight is 467 g/mol. The van der Waals surface area contributed by atoms with Crippen LogP contribution < -0.4 is 10.6 Å². The summed E-state index contributed by atoms with van der Waals surface area (Å²) >= 11 is 0. The van der Waals surface area contributed by atoms with E-state index in [2.05, 4.69) is 25.6 Å². The highest BCUT2D eigenvalue weighted by molar-refractivity contribution is 5.77. The van der Waals surface area contributed by atoms with E-state index in [1.54, 1.807) is 22.8 Å². The molecule has 6 nitrogen and oxygen atoms in total. The molecule has 1 aliphatic heterocycles. The zero-order valence-electron chi connectivity index (χ0n) is 18.6. The smallest absolute Gasteiger partial charge is 0.225 e. The Morgan fingerprint density at radius 2 is 1.68 bits per heavy atom. The van der Waals surface area contributed by atoms with Gasteiger partial charge in [-0.3, -0.25) is 0 Å². The second-order valence-corrected chi connectivity index (χ2v) is 8.51. The van der Waals surface area contributed by atoms with Gasteiger partial charge in [0, 0.05) is 18.7 Å². The van der Waals surface area contributed by atoms with Gasteiger partial charge in [0.2, 0.25) is 5.95 Å². The van der Waals surface area contributed by atoms with Crippen LogP contribution in [0.4, 0.5) is 19.1 Å². The molecule has 9 heteroatoms. The average Bonchev–Trinajstić information content (AvgIpc) is 3.20. The summed E-state index contributed by atoms with van der Waals surface area (Å²) < 4.78 is 45.1. The lowest BCUT2D eigenvalue weighted by molar-refractivity contribution is 0.339. The lowest BCUT2D eigenvalue weighted by Crippen LogP contribution is -2.28. The first-order valence-electron chi connectivity index (χ1n) is 11.5. The third kappa shape index (κ3) is 4.61.